The van der Waals surface area contributed by atoms with Crippen LogP contribution < -0.4 is 16.0 Å². The lowest BCUT2D eigenvalue weighted by molar-refractivity contribution is 0.102. The number of urea groups is 1. The van der Waals surface area contributed by atoms with Crippen LogP contribution in [0.4, 0.5) is 16.2 Å². The number of nitrogens with zero attached hydrogens (tertiary/aromatic N) is 1. The van der Waals surface area contributed by atoms with E-state index < -0.39 is 6.03 Å². The number of primary amides is 1. The molecule has 4 N–H and O–H groups in total. The molecule has 0 saturated heterocycles. The Labute approximate surface area is 197 Å². The van der Waals surface area contributed by atoms with Gasteiger partial charge in [0.05, 0.1) is 11.4 Å². The molecule has 178 valence electrons. The minimum Gasteiger partial charge on any atom is -0.507 e. The Bertz CT molecular complexity index is 1010. The number of nitrogens with one attached hydrogen (secondary N) is 1. The molecule has 6 heteroatoms. The molecule has 0 aromatic heterocycles. The van der Waals surface area contributed by atoms with Crippen molar-refractivity contribution in [1.29, 1.82) is 0 Å². The number of carbonyl (C=O) groups is 2. The molecule has 0 unspecified atom stereocenters. The summed E-state index contributed by atoms with van der Waals surface area (Å²) in [4.78, 5) is 27.4. The van der Waals surface area contributed by atoms with Gasteiger partial charge in [-0.2, -0.15) is 0 Å². The smallest absolute Gasteiger partial charge is 0.319 e. The van der Waals surface area contributed by atoms with Crippen molar-refractivity contribution in [3.05, 3.63) is 53.1 Å². The van der Waals surface area contributed by atoms with E-state index in [-0.39, 0.29) is 28.5 Å². The number of rotatable bonds is 4. The summed E-state index contributed by atoms with van der Waals surface area (Å²) in [5.41, 5.74) is 8.12. The lowest BCUT2D eigenvalue weighted by Gasteiger charge is -2.29. The van der Waals surface area contributed by atoms with E-state index in [4.69, 9.17) is 5.73 Å². The molecule has 33 heavy (non-hydrogen) atoms. The molecule has 2 aromatic carbocycles. The lowest BCUT2D eigenvalue weighted by Crippen LogP contribution is -2.43. The summed E-state index contributed by atoms with van der Waals surface area (Å²) < 4.78 is 0. The van der Waals surface area contributed by atoms with Crippen molar-refractivity contribution in [3.8, 4) is 5.75 Å². The average molecular weight is 452 g/mol. The molecule has 1 aliphatic carbocycles. The van der Waals surface area contributed by atoms with E-state index in [1.54, 1.807) is 23.1 Å². The van der Waals surface area contributed by atoms with E-state index in [1.165, 1.54) is 0 Å². The molecule has 0 spiro atoms. The molecular formula is C27H37N3O3. The highest BCUT2D eigenvalue weighted by Crippen LogP contribution is 2.40. The molecule has 1 fully saturated rings. The number of phenolic OH excluding ortho intramolecular Hbond substituents is 1. The Morgan fingerprint density at radius 2 is 1.48 bits per heavy atom. The predicted molar refractivity (Wildman–Crippen MR) is 134 cm³/mol. The summed E-state index contributed by atoms with van der Waals surface area (Å²) in [6.45, 7) is 12.1. The van der Waals surface area contributed by atoms with Gasteiger partial charge in [0.15, 0.2) is 0 Å². The van der Waals surface area contributed by atoms with E-state index in [9.17, 15) is 14.7 Å². The number of hydrogen-bond acceptors (Lipinski definition) is 3. The van der Waals surface area contributed by atoms with Crippen LogP contribution in [0.1, 0.15) is 88.7 Å². The molecule has 0 heterocycles. The van der Waals surface area contributed by atoms with Crippen LogP contribution in [-0.4, -0.2) is 23.1 Å². The maximum atomic E-state index is 13.4. The predicted octanol–water partition coefficient (Wildman–Crippen LogP) is 6.07. The van der Waals surface area contributed by atoms with Crippen LogP contribution in [0.15, 0.2) is 36.4 Å². The molecule has 2 aromatic rings. The first-order valence-corrected chi connectivity index (χ1v) is 11.7. The first kappa shape index (κ1) is 24.6. The number of hydrogen-bond donors (Lipinski definition) is 3. The molecule has 0 aliphatic heterocycles. The Hall–Kier alpha value is -3.02. The Morgan fingerprint density at radius 1 is 0.970 bits per heavy atom. The number of anilines is 2. The van der Waals surface area contributed by atoms with Crippen LogP contribution in [0.25, 0.3) is 0 Å². The average Bonchev–Trinajstić information content (AvgIpc) is 3.21. The van der Waals surface area contributed by atoms with Crippen LogP contribution in [0.3, 0.4) is 0 Å². The summed E-state index contributed by atoms with van der Waals surface area (Å²) >= 11 is 0. The van der Waals surface area contributed by atoms with Gasteiger partial charge >= 0.3 is 6.03 Å². The van der Waals surface area contributed by atoms with Gasteiger partial charge in [-0.25, -0.2) is 4.79 Å². The molecule has 0 bridgehead atoms. The normalized spacial score (nSPS) is 14.8. The number of amides is 3. The standard InChI is InChI=1S/C27H37N3O3/c1-26(2,3)19-15-17(16-20(23(19)31)27(4,5)6)24(32)29-21-13-9-10-14-22(21)30(25(28)33)18-11-7-8-12-18/h9-10,13-16,18,31H,7-8,11-12H2,1-6H3,(H2,28,33)(H,29,32). The van der Waals surface area contributed by atoms with Gasteiger partial charge in [-0.05, 0) is 47.9 Å². The van der Waals surface area contributed by atoms with Gasteiger partial charge in [0.2, 0.25) is 0 Å². The van der Waals surface area contributed by atoms with Crippen LogP contribution in [0.2, 0.25) is 0 Å². The van der Waals surface area contributed by atoms with E-state index in [2.05, 4.69) is 5.32 Å². The third-order valence-electron chi connectivity index (χ3n) is 6.33. The van der Waals surface area contributed by atoms with E-state index in [0.717, 1.165) is 36.8 Å². The first-order chi connectivity index (χ1) is 15.3. The highest BCUT2D eigenvalue weighted by Gasteiger charge is 2.30. The van der Waals surface area contributed by atoms with Crippen molar-refractivity contribution in [2.45, 2.75) is 84.1 Å². The summed E-state index contributed by atoms with van der Waals surface area (Å²) in [6, 6.07) is 10.3. The first-order valence-electron chi connectivity index (χ1n) is 11.7. The fourth-order valence-corrected chi connectivity index (χ4v) is 4.55. The van der Waals surface area contributed by atoms with Gasteiger partial charge in [-0.1, -0.05) is 66.5 Å². The van der Waals surface area contributed by atoms with Crippen molar-refractivity contribution in [2.24, 2.45) is 5.73 Å². The van der Waals surface area contributed by atoms with Gasteiger partial charge in [0.25, 0.3) is 5.91 Å². The molecular weight excluding hydrogens is 414 g/mol. The largest absolute Gasteiger partial charge is 0.507 e. The maximum absolute atomic E-state index is 13.4. The van der Waals surface area contributed by atoms with Gasteiger partial charge in [0.1, 0.15) is 5.75 Å². The minimum atomic E-state index is -0.515. The molecule has 0 atom stereocenters. The highest BCUT2D eigenvalue weighted by molar-refractivity contribution is 6.08. The molecule has 1 saturated carbocycles. The van der Waals surface area contributed by atoms with Crippen LogP contribution in [0, 0.1) is 0 Å². The summed E-state index contributed by atoms with van der Waals surface area (Å²) in [6.07, 6.45) is 3.91. The van der Waals surface area contributed by atoms with E-state index in [0.29, 0.717) is 16.9 Å². The van der Waals surface area contributed by atoms with E-state index >= 15 is 0 Å². The van der Waals surface area contributed by atoms with Crippen LogP contribution >= 0.6 is 0 Å². The van der Waals surface area contributed by atoms with Gasteiger partial charge in [-0.3, -0.25) is 9.69 Å². The second-order valence-corrected chi connectivity index (χ2v) is 11.0. The van der Waals surface area contributed by atoms with Crippen LogP contribution in [0.5, 0.6) is 5.75 Å². The zero-order valence-corrected chi connectivity index (χ0v) is 20.7. The lowest BCUT2D eigenvalue weighted by atomic mass is 9.78. The molecule has 6 nitrogen and oxygen atoms in total. The minimum absolute atomic E-state index is 0.0363. The quantitative estimate of drug-likeness (QED) is 0.526. The third kappa shape index (κ3) is 5.32. The number of carbonyl (C=O) groups excluding carboxylic acids is 2. The zero-order valence-electron chi connectivity index (χ0n) is 20.7. The Kier molecular flexibility index (Phi) is 6.78. The second kappa shape index (κ2) is 9.08. The molecule has 1 aliphatic rings. The van der Waals surface area contributed by atoms with E-state index in [1.807, 2.05) is 59.7 Å². The molecule has 0 radical (unpaired) electrons. The molecule has 3 rings (SSSR count). The van der Waals surface area contributed by atoms with Gasteiger partial charge in [-0.15, -0.1) is 0 Å². The fourth-order valence-electron chi connectivity index (χ4n) is 4.55. The topological polar surface area (TPSA) is 95.7 Å². The number of benzene rings is 2. The fraction of sp³-hybridized carbons (Fsp3) is 0.481. The SMILES string of the molecule is CC(C)(C)c1cc(C(=O)Nc2ccccc2N(C(N)=O)C2CCCC2)cc(C(C)(C)C)c1O. The maximum Gasteiger partial charge on any atom is 0.319 e. The Balaban J connectivity index is 2.03. The van der Waals surface area contributed by atoms with Gasteiger partial charge < -0.3 is 16.2 Å². The van der Waals surface area contributed by atoms with Gasteiger partial charge in [0, 0.05) is 22.7 Å². The summed E-state index contributed by atoms with van der Waals surface area (Å²) in [7, 11) is 0. The van der Waals surface area contributed by atoms with Crippen molar-refractivity contribution in [2.75, 3.05) is 10.2 Å². The number of nitrogens with two attached hydrogens (primary N) is 1. The number of para-hydroxylation sites is 2. The summed E-state index contributed by atoms with van der Waals surface area (Å²) in [5.74, 6) is -0.0672. The highest BCUT2D eigenvalue weighted by atomic mass is 16.3. The van der Waals surface area contributed by atoms with Crippen molar-refractivity contribution in [3.63, 3.8) is 0 Å². The van der Waals surface area contributed by atoms with Crippen LogP contribution in [-0.2, 0) is 10.8 Å². The molecule has 3 amide bonds. The zero-order chi connectivity index (χ0) is 24.6. The monoisotopic (exact) mass is 451 g/mol. The van der Waals surface area contributed by atoms with Crippen molar-refractivity contribution in [1.82, 2.24) is 0 Å². The van der Waals surface area contributed by atoms with Crippen molar-refractivity contribution < 1.29 is 14.7 Å². The second-order valence-electron chi connectivity index (χ2n) is 11.0. The van der Waals surface area contributed by atoms with Crippen molar-refractivity contribution >= 4 is 23.3 Å². The third-order valence-corrected chi connectivity index (χ3v) is 6.33. The number of phenols is 1. The number of aromatic hydroxyl groups is 1. The summed E-state index contributed by atoms with van der Waals surface area (Å²) in [5, 5.41) is 14.0. The Morgan fingerprint density at radius 3 is 1.97 bits per heavy atom.